The van der Waals surface area contributed by atoms with Gasteiger partial charge < -0.3 is 15.3 Å². The highest BCUT2D eigenvalue weighted by atomic mass is 19.4. The van der Waals surface area contributed by atoms with Gasteiger partial charge in [0.15, 0.2) is 0 Å². The lowest BCUT2D eigenvalue weighted by Gasteiger charge is -2.28. The summed E-state index contributed by atoms with van der Waals surface area (Å²) in [5, 5.41) is 11.7. The van der Waals surface area contributed by atoms with Gasteiger partial charge in [0, 0.05) is 31.8 Å². The molecule has 21 heavy (non-hydrogen) atoms. The third kappa shape index (κ3) is 5.04. The van der Waals surface area contributed by atoms with Crippen molar-refractivity contribution in [2.24, 2.45) is 0 Å². The van der Waals surface area contributed by atoms with Crippen LogP contribution in [0.3, 0.4) is 0 Å². The third-order valence-corrected chi connectivity index (χ3v) is 2.80. The van der Waals surface area contributed by atoms with Crippen LogP contribution >= 0.6 is 0 Å². The van der Waals surface area contributed by atoms with Crippen LogP contribution in [0, 0.1) is 0 Å². The number of aliphatic hydroxyl groups excluding tert-OH is 1. The molecule has 0 aliphatic heterocycles. The van der Waals surface area contributed by atoms with Crippen LogP contribution in [0.1, 0.15) is 33.0 Å². The van der Waals surface area contributed by atoms with E-state index in [0.717, 1.165) is 0 Å². The lowest BCUT2D eigenvalue weighted by Crippen LogP contribution is -2.33. The molecule has 1 rings (SSSR count). The molecule has 0 radical (unpaired) electrons. The molecule has 0 amide bonds. The van der Waals surface area contributed by atoms with Crippen LogP contribution in [0.15, 0.2) is 6.07 Å². The lowest BCUT2D eigenvalue weighted by atomic mass is 10.2. The molecule has 0 aliphatic rings. The Balaban J connectivity index is 3.21. The predicted octanol–water partition coefficient (Wildman–Crippen LogP) is 2.52. The monoisotopic (exact) mass is 306 g/mol. The molecule has 0 aliphatic carbocycles. The van der Waals surface area contributed by atoms with Crippen molar-refractivity contribution < 1.29 is 18.3 Å². The van der Waals surface area contributed by atoms with Crippen molar-refractivity contribution in [1.82, 2.24) is 9.97 Å². The summed E-state index contributed by atoms with van der Waals surface area (Å²) in [5.74, 6) is -0.813. The number of alkyl halides is 3. The Bertz CT molecular complexity index is 452. The average molecular weight is 306 g/mol. The summed E-state index contributed by atoms with van der Waals surface area (Å²) in [6.07, 6.45) is -4.14. The molecule has 0 fully saturated rings. The van der Waals surface area contributed by atoms with Crippen molar-refractivity contribution in [2.45, 2.75) is 39.4 Å². The molecule has 0 unspecified atom stereocenters. The van der Waals surface area contributed by atoms with E-state index in [-0.39, 0.29) is 24.3 Å². The molecule has 0 saturated carbocycles. The van der Waals surface area contributed by atoms with Crippen LogP contribution in [-0.2, 0) is 6.18 Å². The molecular formula is C13H21F3N4O. The fourth-order valence-corrected chi connectivity index (χ4v) is 1.86. The molecule has 0 atom stereocenters. The van der Waals surface area contributed by atoms with Crippen LogP contribution in [0.4, 0.5) is 24.8 Å². The van der Waals surface area contributed by atoms with Crippen molar-refractivity contribution in [3.8, 4) is 0 Å². The third-order valence-electron chi connectivity index (χ3n) is 2.80. The van der Waals surface area contributed by atoms with Crippen molar-refractivity contribution in [1.29, 1.82) is 0 Å². The molecule has 0 aromatic carbocycles. The zero-order valence-corrected chi connectivity index (χ0v) is 12.4. The number of nitrogens with one attached hydrogen (secondary N) is 1. The number of nitrogens with zero attached hydrogens (tertiary/aromatic N) is 3. The second kappa shape index (κ2) is 7.44. The van der Waals surface area contributed by atoms with Gasteiger partial charge in [-0.3, -0.25) is 0 Å². The average Bonchev–Trinajstić information content (AvgIpc) is 2.38. The first-order chi connectivity index (χ1) is 9.79. The second-order valence-corrected chi connectivity index (χ2v) is 4.83. The molecular weight excluding hydrogens is 285 g/mol. The normalized spacial score (nSPS) is 11.8. The molecule has 0 bridgehead atoms. The van der Waals surface area contributed by atoms with Gasteiger partial charge in [-0.2, -0.15) is 13.2 Å². The Hall–Kier alpha value is -1.57. The van der Waals surface area contributed by atoms with E-state index in [4.69, 9.17) is 5.11 Å². The summed E-state index contributed by atoms with van der Waals surface area (Å²) in [4.78, 5) is 8.84. The Labute approximate surface area is 122 Å². The summed E-state index contributed by atoms with van der Waals surface area (Å²) < 4.78 is 38.7. The van der Waals surface area contributed by atoms with E-state index in [2.05, 4.69) is 15.3 Å². The van der Waals surface area contributed by atoms with Crippen molar-refractivity contribution in [3.63, 3.8) is 0 Å². The Kier molecular flexibility index (Phi) is 6.19. The van der Waals surface area contributed by atoms with Gasteiger partial charge in [0.1, 0.15) is 11.6 Å². The molecule has 5 nitrogen and oxygen atoms in total. The Morgan fingerprint density at radius 2 is 2.00 bits per heavy atom. The number of halogens is 3. The molecule has 8 heteroatoms. The van der Waals surface area contributed by atoms with E-state index in [9.17, 15) is 13.2 Å². The van der Waals surface area contributed by atoms with E-state index in [0.29, 0.717) is 19.5 Å². The quantitative estimate of drug-likeness (QED) is 0.810. The minimum Gasteiger partial charge on any atom is -0.396 e. The van der Waals surface area contributed by atoms with Gasteiger partial charge in [0.25, 0.3) is 0 Å². The van der Waals surface area contributed by atoms with Crippen LogP contribution in [0.2, 0.25) is 0 Å². The van der Waals surface area contributed by atoms with Gasteiger partial charge in [-0.25, -0.2) is 9.97 Å². The maximum atomic E-state index is 12.9. The summed E-state index contributed by atoms with van der Waals surface area (Å²) in [6, 6.07) is 1.46. The Morgan fingerprint density at radius 3 is 2.48 bits per heavy atom. The fourth-order valence-electron chi connectivity index (χ4n) is 1.86. The van der Waals surface area contributed by atoms with Crippen molar-refractivity contribution in [2.75, 3.05) is 29.9 Å². The highest BCUT2D eigenvalue weighted by Crippen LogP contribution is 2.29. The minimum absolute atomic E-state index is 0.0273. The van der Waals surface area contributed by atoms with E-state index in [1.807, 2.05) is 13.8 Å². The van der Waals surface area contributed by atoms with Crippen LogP contribution in [0.25, 0.3) is 0 Å². The first-order valence-corrected chi connectivity index (χ1v) is 6.87. The van der Waals surface area contributed by atoms with Gasteiger partial charge in [-0.05, 0) is 27.2 Å². The van der Waals surface area contributed by atoms with Gasteiger partial charge in [0.2, 0.25) is 5.82 Å². The smallest absolute Gasteiger partial charge is 0.396 e. The molecule has 0 spiro atoms. The van der Waals surface area contributed by atoms with Crippen molar-refractivity contribution >= 4 is 11.6 Å². The molecule has 0 saturated heterocycles. The first kappa shape index (κ1) is 17.5. The number of aromatic nitrogens is 2. The summed E-state index contributed by atoms with van der Waals surface area (Å²) >= 11 is 0. The van der Waals surface area contributed by atoms with E-state index < -0.39 is 12.0 Å². The first-order valence-electron chi connectivity index (χ1n) is 6.87. The van der Waals surface area contributed by atoms with E-state index >= 15 is 0 Å². The molecule has 1 aromatic rings. The summed E-state index contributed by atoms with van der Waals surface area (Å²) in [6.45, 7) is 6.36. The maximum Gasteiger partial charge on any atom is 0.451 e. The fraction of sp³-hybridized carbons (Fsp3) is 0.692. The summed E-state index contributed by atoms with van der Waals surface area (Å²) in [5.41, 5.74) is 0. The minimum atomic E-state index is -4.60. The lowest BCUT2D eigenvalue weighted by molar-refractivity contribution is -0.144. The largest absolute Gasteiger partial charge is 0.451 e. The zero-order valence-electron chi connectivity index (χ0n) is 12.4. The van der Waals surface area contributed by atoms with Gasteiger partial charge in [-0.1, -0.05) is 0 Å². The number of hydrogen-bond donors (Lipinski definition) is 2. The van der Waals surface area contributed by atoms with E-state index in [1.165, 1.54) is 6.07 Å². The van der Waals surface area contributed by atoms with Crippen LogP contribution < -0.4 is 10.2 Å². The molecule has 120 valence electrons. The SMILES string of the molecule is CCNc1cc(N(CCCO)C(C)C)nc(C(F)(F)F)n1. The van der Waals surface area contributed by atoms with Gasteiger partial charge in [0.05, 0.1) is 0 Å². The molecule has 1 aromatic heterocycles. The van der Waals surface area contributed by atoms with Crippen LogP contribution in [-0.4, -0.2) is 40.8 Å². The number of aliphatic hydroxyl groups is 1. The van der Waals surface area contributed by atoms with Crippen LogP contribution in [0.5, 0.6) is 0 Å². The predicted molar refractivity (Wildman–Crippen MR) is 75.4 cm³/mol. The van der Waals surface area contributed by atoms with E-state index in [1.54, 1.807) is 11.8 Å². The van der Waals surface area contributed by atoms with Crippen molar-refractivity contribution in [3.05, 3.63) is 11.9 Å². The Morgan fingerprint density at radius 1 is 1.33 bits per heavy atom. The van der Waals surface area contributed by atoms with Gasteiger partial charge >= 0.3 is 6.18 Å². The highest BCUT2D eigenvalue weighted by Gasteiger charge is 2.36. The standard InChI is InChI=1S/C13H21F3N4O/c1-4-17-10-8-11(19-12(18-10)13(14,15)16)20(9(2)3)6-5-7-21/h8-9,21H,4-7H2,1-3H3,(H,17,18,19). The molecule has 1 heterocycles. The zero-order chi connectivity index (χ0) is 16.0. The number of anilines is 2. The number of rotatable bonds is 7. The second-order valence-electron chi connectivity index (χ2n) is 4.83. The highest BCUT2D eigenvalue weighted by molar-refractivity contribution is 5.50. The maximum absolute atomic E-state index is 12.9. The van der Waals surface area contributed by atoms with Gasteiger partial charge in [-0.15, -0.1) is 0 Å². The summed E-state index contributed by atoms with van der Waals surface area (Å²) in [7, 11) is 0. The molecule has 2 N–H and O–H groups in total. The number of hydrogen-bond acceptors (Lipinski definition) is 5. The topological polar surface area (TPSA) is 61.3 Å².